The van der Waals surface area contributed by atoms with E-state index in [2.05, 4.69) is 15.2 Å². The zero-order chi connectivity index (χ0) is 23.3. The second-order valence-corrected chi connectivity index (χ2v) is 6.83. The number of nitro groups is 1. The van der Waals surface area contributed by atoms with E-state index in [9.17, 15) is 19.7 Å². The third kappa shape index (κ3) is 5.12. The lowest BCUT2D eigenvalue weighted by Gasteiger charge is -2.06. The number of esters is 1. The average Bonchev–Trinajstić information content (AvgIpc) is 3.36. The van der Waals surface area contributed by atoms with E-state index in [4.69, 9.17) is 9.15 Å². The monoisotopic (exact) mass is 442 g/mol. The fourth-order valence-corrected chi connectivity index (χ4v) is 3.07. The van der Waals surface area contributed by atoms with Crippen molar-refractivity contribution in [3.8, 4) is 5.75 Å². The average molecular weight is 442 g/mol. The molecule has 0 unspecified atom stereocenters. The first-order valence-electron chi connectivity index (χ1n) is 9.66. The van der Waals surface area contributed by atoms with Gasteiger partial charge in [0.25, 0.3) is 5.91 Å². The van der Waals surface area contributed by atoms with Gasteiger partial charge in [0.05, 0.1) is 24.1 Å². The number of methoxy groups -OCH3 is 1. The molecule has 1 amide bonds. The van der Waals surface area contributed by atoms with Crippen LogP contribution in [0.25, 0.3) is 0 Å². The van der Waals surface area contributed by atoms with Crippen molar-refractivity contribution in [1.29, 1.82) is 0 Å². The number of hydrogen-bond acceptors (Lipinski definition) is 8. The number of rotatable bonds is 9. The van der Waals surface area contributed by atoms with Crippen LogP contribution in [0.15, 0.2) is 40.8 Å². The summed E-state index contributed by atoms with van der Waals surface area (Å²) in [7, 11) is 1.31. The molecule has 0 aliphatic rings. The Balaban J connectivity index is 1.50. The van der Waals surface area contributed by atoms with Crippen molar-refractivity contribution in [2.45, 2.75) is 27.0 Å². The zero-order valence-corrected chi connectivity index (χ0v) is 17.8. The molecule has 2 aromatic heterocycles. The van der Waals surface area contributed by atoms with E-state index in [-0.39, 0.29) is 31.1 Å². The molecule has 11 heteroatoms. The summed E-state index contributed by atoms with van der Waals surface area (Å²) >= 11 is 0. The Kier molecular flexibility index (Phi) is 6.88. The number of nitrogens with one attached hydrogen (secondary N) is 1. The summed E-state index contributed by atoms with van der Waals surface area (Å²) in [6.07, 6.45) is 0. The number of ether oxygens (including phenoxy) is 2. The van der Waals surface area contributed by atoms with Crippen LogP contribution in [0.4, 0.5) is 5.69 Å². The molecular weight excluding hydrogens is 420 g/mol. The molecule has 32 heavy (non-hydrogen) atoms. The van der Waals surface area contributed by atoms with Crippen LogP contribution in [-0.2, 0) is 17.9 Å². The zero-order valence-electron chi connectivity index (χ0n) is 17.8. The number of aromatic nitrogens is 2. The number of amides is 1. The second-order valence-electron chi connectivity index (χ2n) is 6.83. The van der Waals surface area contributed by atoms with Crippen molar-refractivity contribution in [3.05, 3.63) is 75.0 Å². The summed E-state index contributed by atoms with van der Waals surface area (Å²) in [4.78, 5) is 34.3. The molecule has 0 fully saturated rings. The number of benzene rings is 1. The molecule has 1 aromatic carbocycles. The van der Waals surface area contributed by atoms with Crippen LogP contribution in [-0.4, -0.2) is 40.2 Å². The van der Waals surface area contributed by atoms with Crippen molar-refractivity contribution in [2.75, 3.05) is 13.7 Å². The van der Waals surface area contributed by atoms with Gasteiger partial charge in [0.1, 0.15) is 29.5 Å². The lowest BCUT2D eigenvalue weighted by Crippen LogP contribution is -2.27. The van der Waals surface area contributed by atoms with Crippen LogP contribution in [0.1, 0.15) is 38.1 Å². The molecule has 0 saturated carbocycles. The smallest absolute Gasteiger partial charge is 0.337 e. The quantitative estimate of drug-likeness (QED) is 0.303. The van der Waals surface area contributed by atoms with Crippen LogP contribution in [0.2, 0.25) is 0 Å². The number of nitrogens with zero attached hydrogens (tertiary/aromatic N) is 3. The van der Waals surface area contributed by atoms with Gasteiger partial charge in [-0.15, -0.1) is 0 Å². The van der Waals surface area contributed by atoms with Gasteiger partial charge in [-0.3, -0.25) is 19.6 Å². The first-order chi connectivity index (χ1) is 15.3. The maximum absolute atomic E-state index is 12.3. The molecule has 0 aliphatic carbocycles. The van der Waals surface area contributed by atoms with Gasteiger partial charge in [0.2, 0.25) is 0 Å². The first kappa shape index (κ1) is 22.5. The minimum absolute atomic E-state index is 0.0214. The molecule has 1 N–H and O–H groups in total. The van der Waals surface area contributed by atoms with Crippen LogP contribution in [0.5, 0.6) is 5.75 Å². The number of hydrogen-bond donors (Lipinski definition) is 1. The van der Waals surface area contributed by atoms with Gasteiger partial charge in [-0.2, -0.15) is 5.10 Å². The molecule has 0 radical (unpaired) electrons. The van der Waals surface area contributed by atoms with E-state index < -0.39 is 16.8 Å². The first-order valence-corrected chi connectivity index (χ1v) is 9.66. The third-order valence-electron chi connectivity index (χ3n) is 4.68. The van der Waals surface area contributed by atoms with Crippen LogP contribution in [0.3, 0.4) is 0 Å². The van der Waals surface area contributed by atoms with Crippen molar-refractivity contribution in [1.82, 2.24) is 15.1 Å². The summed E-state index contributed by atoms with van der Waals surface area (Å²) in [6, 6.07) is 9.59. The molecule has 168 valence electrons. The van der Waals surface area contributed by atoms with Crippen molar-refractivity contribution in [3.63, 3.8) is 0 Å². The molecule has 0 spiro atoms. The largest absolute Gasteiger partial charge is 0.486 e. The summed E-state index contributed by atoms with van der Waals surface area (Å²) in [6.45, 7) is 3.78. The van der Waals surface area contributed by atoms with Gasteiger partial charge in [0, 0.05) is 6.54 Å². The molecule has 3 rings (SSSR count). The standard InChI is InChI=1S/C21H22N4O7/c1-13-19(25(28)29)14(2)24(23-13)11-10-22-20(26)18-9-8-17(32-18)12-31-16-6-4-15(5-7-16)21(27)30-3/h4-9H,10-12H2,1-3H3,(H,22,26). The summed E-state index contributed by atoms with van der Waals surface area (Å²) in [5, 5.41) is 17.9. The molecule has 0 aliphatic heterocycles. The highest BCUT2D eigenvalue weighted by molar-refractivity contribution is 5.91. The third-order valence-corrected chi connectivity index (χ3v) is 4.68. The van der Waals surface area contributed by atoms with Gasteiger partial charge >= 0.3 is 11.7 Å². The Morgan fingerprint density at radius 3 is 2.53 bits per heavy atom. The highest BCUT2D eigenvalue weighted by Gasteiger charge is 2.21. The second kappa shape index (κ2) is 9.77. The lowest BCUT2D eigenvalue weighted by molar-refractivity contribution is -0.386. The van der Waals surface area contributed by atoms with E-state index in [0.717, 1.165) is 0 Å². The normalized spacial score (nSPS) is 10.6. The maximum Gasteiger partial charge on any atom is 0.337 e. The molecule has 0 saturated heterocycles. The van der Waals surface area contributed by atoms with Gasteiger partial charge in [0.15, 0.2) is 5.76 Å². The molecule has 3 aromatic rings. The molecule has 2 heterocycles. The Hall–Kier alpha value is -4.15. The van der Waals surface area contributed by atoms with E-state index in [1.165, 1.54) is 17.9 Å². The molecule has 0 atom stereocenters. The number of carbonyl (C=O) groups excluding carboxylic acids is 2. The fourth-order valence-electron chi connectivity index (χ4n) is 3.07. The summed E-state index contributed by atoms with van der Waals surface area (Å²) in [5.41, 5.74) is 1.15. The fraction of sp³-hybridized carbons (Fsp3) is 0.286. The molecular formula is C21H22N4O7. The Labute approximate surface area is 183 Å². The Bertz CT molecular complexity index is 1130. The molecule has 0 bridgehead atoms. The SMILES string of the molecule is COC(=O)c1ccc(OCc2ccc(C(=O)NCCn3nc(C)c([N+](=O)[O-])c3C)o2)cc1. The van der Waals surface area contributed by atoms with Gasteiger partial charge in [-0.1, -0.05) is 0 Å². The minimum atomic E-state index is -0.466. The van der Waals surface area contributed by atoms with E-state index >= 15 is 0 Å². The predicted octanol–water partition coefficient (Wildman–Crippen LogP) is 2.80. The van der Waals surface area contributed by atoms with E-state index in [1.807, 2.05) is 0 Å². The minimum Gasteiger partial charge on any atom is -0.486 e. The number of aryl methyl sites for hydroxylation is 1. The maximum atomic E-state index is 12.3. The molecule has 11 nitrogen and oxygen atoms in total. The van der Waals surface area contributed by atoms with Gasteiger partial charge in [-0.05, 0) is 50.2 Å². The summed E-state index contributed by atoms with van der Waals surface area (Å²) < 4.78 is 17.2. The Morgan fingerprint density at radius 1 is 1.19 bits per heavy atom. The van der Waals surface area contributed by atoms with Crippen LogP contribution < -0.4 is 10.1 Å². The predicted molar refractivity (Wildman–Crippen MR) is 112 cm³/mol. The van der Waals surface area contributed by atoms with E-state index in [0.29, 0.717) is 28.5 Å². The summed E-state index contributed by atoms with van der Waals surface area (Å²) in [5.74, 6) is 0.230. The highest BCUT2D eigenvalue weighted by Crippen LogP contribution is 2.21. The van der Waals surface area contributed by atoms with Crippen LogP contribution in [0, 0.1) is 24.0 Å². The van der Waals surface area contributed by atoms with Crippen molar-refractivity contribution >= 4 is 17.6 Å². The van der Waals surface area contributed by atoms with Gasteiger partial charge in [-0.25, -0.2) is 4.79 Å². The topological polar surface area (TPSA) is 139 Å². The lowest BCUT2D eigenvalue weighted by atomic mass is 10.2. The Morgan fingerprint density at radius 2 is 1.91 bits per heavy atom. The van der Waals surface area contributed by atoms with Gasteiger partial charge < -0.3 is 19.2 Å². The van der Waals surface area contributed by atoms with E-state index in [1.54, 1.807) is 44.2 Å². The number of furan rings is 1. The van der Waals surface area contributed by atoms with Crippen molar-refractivity contribution in [2.24, 2.45) is 0 Å². The number of carbonyl (C=O) groups is 2. The van der Waals surface area contributed by atoms with Crippen molar-refractivity contribution < 1.29 is 28.4 Å². The van der Waals surface area contributed by atoms with Crippen LogP contribution >= 0.6 is 0 Å². The highest BCUT2D eigenvalue weighted by atomic mass is 16.6.